The van der Waals surface area contributed by atoms with Gasteiger partial charge in [-0.05, 0) is 45.0 Å². The van der Waals surface area contributed by atoms with Gasteiger partial charge in [0.15, 0.2) is 0 Å². The topological polar surface area (TPSA) is 3.24 Å². The number of rotatable bonds is 5. The molecule has 1 aromatic carbocycles. The Morgan fingerprint density at radius 2 is 1.75 bits per heavy atom. The second-order valence-corrected chi connectivity index (χ2v) is 5.54. The van der Waals surface area contributed by atoms with Crippen LogP contribution < -0.4 is 0 Å². The minimum absolute atomic E-state index is 0.114. The lowest BCUT2D eigenvalue weighted by Gasteiger charge is -2.35. The fourth-order valence-electron chi connectivity index (χ4n) is 1.67. The summed E-state index contributed by atoms with van der Waals surface area (Å²) in [6.45, 7) is 5.37. The van der Waals surface area contributed by atoms with Crippen LogP contribution in [0.5, 0.6) is 0 Å². The molecule has 0 aromatic heterocycles. The van der Waals surface area contributed by atoms with Gasteiger partial charge in [0.2, 0.25) is 0 Å². The van der Waals surface area contributed by atoms with Crippen LogP contribution >= 0.6 is 23.2 Å². The summed E-state index contributed by atoms with van der Waals surface area (Å²) in [7, 11) is 2.11. The summed E-state index contributed by atoms with van der Waals surface area (Å²) in [5, 5.41) is 0.788. The number of nitrogens with zero attached hydrogens (tertiary/aromatic N) is 1. The van der Waals surface area contributed by atoms with Crippen molar-refractivity contribution in [3.63, 3.8) is 0 Å². The Labute approximate surface area is 108 Å². The number of hydrogen-bond acceptors (Lipinski definition) is 1. The Morgan fingerprint density at radius 1 is 1.19 bits per heavy atom. The number of alkyl halides is 1. The molecule has 0 bridgehead atoms. The van der Waals surface area contributed by atoms with E-state index in [-0.39, 0.29) is 5.54 Å². The lowest BCUT2D eigenvalue weighted by molar-refractivity contribution is 0.165. The molecule has 0 aliphatic heterocycles. The summed E-state index contributed by atoms with van der Waals surface area (Å²) < 4.78 is 0. The fourth-order valence-corrected chi connectivity index (χ4v) is 2.05. The van der Waals surface area contributed by atoms with E-state index >= 15 is 0 Å². The molecule has 0 spiro atoms. The first-order valence-corrected chi connectivity index (χ1v) is 6.38. The molecule has 0 atom stereocenters. The standard InChI is InChI=1S/C13H19Cl2N/c1-13(2,16(3)9-8-14)10-11-4-6-12(15)7-5-11/h4-7H,8-10H2,1-3H3. The van der Waals surface area contributed by atoms with E-state index in [2.05, 4.69) is 37.9 Å². The van der Waals surface area contributed by atoms with Crippen molar-refractivity contribution in [2.45, 2.75) is 25.8 Å². The quantitative estimate of drug-likeness (QED) is 0.727. The molecule has 3 heteroatoms. The highest BCUT2D eigenvalue weighted by atomic mass is 35.5. The highest BCUT2D eigenvalue weighted by molar-refractivity contribution is 6.30. The van der Waals surface area contributed by atoms with Crippen LogP contribution in [0.3, 0.4) is 0 Å². The monoisotopic (exact) mass is 259 g/mol. The van der Waals surface area contributed by atoms with Crippen molar-refractivity contribution in [2.24, 2.45) is 0 Å². The maximum atomic E-state index is 5.87. The molecule has 0 aliphatic rings. The van der Waals surface area contributed by atoms with Crippen molar-refractivity contribution >= 4 is 23.2 Å². The lowest BCUT2D eigenvalue weighted by atomic mass is 9.93. The van der Waals surface area contributed by atoms with E-state index in [9.17, 15) is 0 Å². The predicted molar refractivity (Wildman–Crippen MR) is 72.6 cm³/mol. The van der Waals surface area contributed by atoms with Gasteiger partial charge in [0.05, 0.1) is 0 Å². The Bertz CT molecular complexity index is 319. The van der Waals surface area contributed by atoms with E-state index in [1.54, 1.807) is 0 Å². The first-order valence-electron chi connectivity index (χ1n) is 5.47. The van der Waals surface area contributed by atoms with Crippen molar-refractivity contribution in [3.05, 3.63) is 34.9 Å². The summed E-state index contributed by atoms with van der Waals surface area (Å²) in [6.07, 6.45) is 0.998. The summed E-state index contributed by atoms with van der Waals surface area (Å²) >= 11 is 11.6. The fraction of sp³-hybridized carbons (Fsp3) is 0.538. The van der Waals surface area contributed by atoms with E-state index < -0.39 is 0 Å². The molecular formula is C13H19Cl2N. The molecule has 0 heterocycles. The van der Waals surface area contributed by atoms with Crippen LogP contribution in [0.4, 0.5) is 0 Å². The van der Waals surface area contributed by atoms with E-state index in [1.807, 2.05) is 12.1 Å². The van der Waals surface area contributed by atoms with Gasteiger partial charge in [-0.3, -0.25) is 4.90 Å². The predicted octanol–water partition coefficient (Wildman–Crippen LogP) is 3.83. The van der Waals surface area contributed by atoms with Crippen molar-refractivity contribution < 1.29 is 0 Å². The molecule has 16 heavy (non-hydrogen) atoms. The van der Waals surface area contributed by atoms with Crippen LogP contribution in [0.15, 0.2) is 24.3 Å². The largest absolute Gasteiger partial charge is 0.300 e. The summed E-state index contributed by atoms with van der Waals surface area (Å²) in [5.41, 5.74) is 1.42. The Balaban J connectivity index is 2.68. The van der Waals surface area contributed by atoms with Crippen molar-refractivity contribution in [1.82, 2.24) is 4.90 Å². The molecule has 90 valence electrons. The van der Waals surface area contributed by atoms with Crippen LogP contribution in [0.1, 0.15) is 19.4 Å². The molecule has 0 aliphatic carbocycles. The van der Waals surface area contributed by atoms with E-state index in [0.717, 1.165) is 18.0 Å². The molecule has 0 fully saturated rings. The van der Waals surface area contributed by atoms with Gasteiger partial charge in [-0.15, -0.1) is 11.6 Å². The minimum Gasteiger partial charge on any atom is -0.300 e. The summed E-state index contributed by atoms with van der Waals surface area (Å²) in [6, 6.07) is 8.04. The van der Waals surface area contributed by atoms with Gasteiger partial charge in [0.25, 0.3) is 0 Å². The highest BCUT2D eigenvalue weighted by Gasteiger charge is 2.23. The molecule has 0 amide bonds. The molecule has 0 radical (unpaired) electrons. The average molecular weight is 260 g/mol. The van der Waals surface area contributed by atoms with Crippen LogP contribution in [-0.2, 0) is 6.42 Å². The normalized spacial score (nSPS) is 12.1. The average Bonchev–Trinajstić information content (AvgIpc) is 2.21. The van der Waals surface area contributed by atoms with Gasteiger partial charge in [-0.25, -0.2) is 0 Å². The number of halogens is 2. The third kappa shape index (κ3) is 3.97. The molecule has 0 saturated heterocycles. The van der Waals surface area contributed by atoms with Crippen LogP contribution in [0.25, 0.3) is 0 Å². The van der Waals surface area contributed by atoms with Crippen molar-refractivity contribution in [3.8, 4) is 0 Å². The van der Waals surface area contributed by atoms with E-state index in [1.165, 1.54) is 5.56 Å². The number of likely N-dealkylation sites (N-methyl/N-ethyl adjacent to an activating group) is 1. The highest BCUT2D eigenvalue weighted by Crippen LogP contribution is 2.20. The smallest absolute Gasteiger partial charge is 0.0406 e. The van der Waals surface area contributed by atoms with E-state index in [4.69, 9.17) is 23.2 Å². The van der Waals surface area contributed by atoms with Crippen LogP contribution in [0, 0.1) is 0 Å². The minimum atomic E-state index is 0.114. The van der Waals surface area contributed by atoms with Gasteiger partial charge in [0, 0.05) is 23.0 Å². The SMILES string of the molecule is CN(CCCl)C(C)(C)Cc1ccc(Cl)cc1. The molecule has 1 aromatic rings. The zero-order valence-electron chi connectivity index (χ0n) is 10.1. The molecule has 0 unspecified atom stereocenters. The zero-order chi connectivity index (χ0) is 12.2. The molecule has 1 nitrogen and oxygen atoms in total. The Morgan fingerprint density at radius 3 is 2.25 bits per heavy atom. The second kappa shape index (κ2) is 5.90. The van der Waals surface area contributed by atoms with Crippen LogP contribution in [-0.4, -0.2) is 29.9 Å². The van der Waals surface area contributed by atoms with Crippen molar-refractivity contribution in [1.29, 1.82) is 0 Å². The second-order valence-electron chi connectivity index (χ2n) is 4.73. The van der Waals surface area contributed by atoms with Crippen molar-refractivity contribution in [2.75, 3.05) is 19.5 Å². The number of hydrogen-bond donors (Lipinski definition) is 0. The molecular weight excluding hydrogens is 241 g/mol. The first kappa shape index (κ1) is 13.8. The van der Waals surface area contributed by atoms with Gasteiger partial charge < -0.3 is 0 Å². The van der Waals surface area contributed by atoms with Gasteiger partial charge in [-0.1, -0.05) is 23.7 Å². The van der Waals surface area contributed by atoms with Crippen LogP contribution in [0.2, 0.25) is 5.02 Å². The molecule has 0 saturated carbocycles. The maximum absolute atomic E-state index is 5.87. The molecule has 1 rings (SSSR count). The Kier molecular flexibility index (Phi) is 5.10. The first-order chi connectivity index (χ1) is 7.45. The Hall–Kier alpha value is -0.240. The van der Waals surface area contributed by atoms with E-state index in [0.29, 0.717) is 5.88 Å². The summed E-state index contributed by atoms with van der Waals surface area (Å²) in [4.78, 5) is 2.29. The third-order valence-electron chi connectivity index (χ3n) is 3.00. The zero-order valence-corrected chi connectivity index (χ0v) is 11.6. The lowest BCUT2D eigenvalue weighted by Crippen LogP contribution is -2.43. The maximum Gasteiger partial charge on any atom is 0.0406 e. The summed E-state index contributed by atoms with van der Waals surface area (Å²) in [5.74, 6) is 0.667. The molecule has 0 N–H and O–H groups in total. The number of benzene rings is 1. The third-order valence-corrected chi connectivity index (χ3v) is 3.42. The van der Waals surface area contributed by atoms with Gasteiger partial charge >= 0.3 is 0 Å². The van der Waals surface area contributed by atoms with Gasteiger partial charge in [0.1, 0.15) is 0 Å². The van der Waals surface area contributed by atoms with Gasteiger partial charge in [-0.2, -0.15) is 0 Å².